The largest absolute Gasteiger partial charge is 0.464 e. The molecule has 0 aromatic carbocycles. The van der Waals surface area contributed by atoms with Gasteiger partial charge in [-0.1, -0.05) is 12.8 Å². The third kappa shape index (κ3) is 7.23. The number of hydrogen-bond donors (Lipinski definition) is 1. The number of amides is 1. The van der Waals surface area contributed by atoms with Gasteiger partial charge in [0.25, 0.3) is 0 Å². The Morgan fingerprint density at radius 3 is 2.53 bits per heavy atom. The molecule has 0 aliphatic rings. The zero-order valence-electron chi connectivity index (χ0n) is 11.9. The zero-order chi connectivity index (χ0) is 13.4. The highest BCUT2D eigenvalue weighted by molar-refractivity contribution is 5.85. The van der Waals surface area contributed by atoms with Crippen molar-refractivity contribution in [3.63, 3.8) is 0 Å². The summed E-state index contributed by atoms with van der Waals surface area (Å²) in [6.45, 7) is 3.20. The highest BCUT2D eigenvalue weighted by Crippen LogP contribution is 2.10. The average molecular weight is 289 g/mol. The minimum atomic E-state index is 0. The van der Waals surface area contributed by atoms with Gasteiger partial charge >= 0.3 is 0 Å². The standard InChI is InChI=1S/C14H24N2O2.ClH/c1-12-8-9-13(18-12)11-16(2)14(17)7-5-3-4-6-10-15;/h8-9H,3-7,10-11,15H2,1-2H3;1H. The van der Waals surface area contributed by atoms with E-state index >= 15 is 0 Å². The number of hydrogen-bond acceptors (Lipinski definition) is 3. The van der Waals surface area contributed by atoms with E-state index in [9.17, 15) is 4.79 Å². The molecule has 0 fully saturated rings. The van der Waals surface area contributed by atoms with Crippen molar-refractivity contribution in [2.75, 3.05) is 13.6 Å². The molecule has 0 aliphatic heterocycles. The maximum Gasteiger partial charge on any atom is 0.222 e. The highest BCUT2D eigenvalue weighted by atomic mass is 35.5. The van der Waals surface area contributed by atoms with Gasteiger partial charge in [0, 0.05) is 13.5 Å². The van der Waals surface area contributed by atoms with Gasteiger partial charge in [-0.3, -0.25) is 4.79 Å². The van der Waals surface area contributed by atoms with Gasteiger partial charge in [0.15, 0.2) is 0 Å². The van der Waals surface area contributed by atoms with Crippen LogP contribution in [0.2, 0.25) is 0 Å². The van der Waals surface area contributed by atoms with Crippen molar-refractivity contribution in [2.24, 2.45) is 5.73 Å². The molecule has 1 rings (SSSR count). The first-order chi connectivity index (χ1) is 8.63. The molecule has 1 heterocycles. The lowest BCUT2D eigenvalue weighted by molar-refractivity contribution is -0.130. The van der Waals surface area contributed by atoms with Crippen molar-refractivity contribution >= 4 is 18.3 Å². The quantitative estimate of drug-likeness (QED) is 0.748. The molecular weight excluding hydrogens is 264 g/mol. The van der Waals surface area contributed by atoms with E-state index in [-0.39, 0.29) is 18.3 Å². The van der Waals surface area contributed by atoms with E-state index in [0.717, 1.165) is 43.7 Å². The summed E-state index contributed by atoms with van der Waals surface area (Å²) < 4.78 is 5.45. The third-order valence-corrected chi connectivity index (χ3v) is 2.96. The smallest absolute Gasteiger partial charge is 0.222 e. The summed E-state index contributed by atoms with van der Waals surface area (Å²) in [7, 11) is 1.82. The summed E-state index contributed by atoms with van der Waals surface area (Å²) in [5.41, 5.74) is 5.42. The SMILES string of the molecule is Cc1ccc(CN(C)C(=O)CCCCCCN)o1.Cl. The summed E-state index contributed by atoms with van der Waals surface area (Å²) >= 11 is 0. The lowest BCUT2D eigenvalue weighted by Gasteiger charge is -2.15. The highest BCUT2D eigenvalue weighted by Gasteiger charge is 2.10. The second-order valence-electron chi connectivity index (χ2n) is 4.72. The minimum Gasteiger partial charge on any atom is -0.464 e. The van der Waals surface area contributed by atoms with Gasteiger partial charge < -0.3 is 15.1 Å². The van der Waals surface area contributed by atoms with Crippen LogP contribution in [-0.2, 0) is 11.3 Å². The Labute approximate surface area is 121 Å². The van der Waals surface area contributed by atoms with Gasteiger partial charge in [-0.15, -0.1) is 12.4 Å². The van der Waals surface area contributed by atoms with E-state index in [1.807, 2.05) is 26.1 Å². The first-order valence-corrected chi connectivity index (χ1v) is 6.63. The lowest BCUT2D eigenvalue weighted by Crippen LogP contribution is -2.25. The van der Waals surface area contributed by atoms with E-state index in [0.29, 0.717) is 13.0 Å². The fourth-order valence-corrected chi connectivity index (χ4v) is 1.86. The maximum atomic E-state index is 11.8. The summed E-state index contributed by atoms with van der Waals surface area (Å²) in [5.74, 6) is 1.90. The van der Waals surface area contributed by atoms with Crippen molar-refractivity contribution in [1.29, 1.82) is 0 Å². The van der Waals surface area contributed by atoms with E-state index in [4.69, 9.17) is 10.2 Å². The van der Waals surface area contributed by atoms with Gasteiger partial charge in [0.05, 0.1) is 6.54 Å². The zero-order valence-corrected chi connectivity index (χ0v) is 12.7. The van der Waals surface area contributed by atoms with Gasteiger partial charge in [0.2, 0.25) is 5.91 Å². The molecule has 0 spiro atoms. The molecule has 1 aromatic rings. The molecule has 19 heavy (non-hydrogen) atoms. The average Bonchev–Trinajstić information content (AvgIpc) is 2.74. The van der Waals surface area contributed by atoms with Crippen LogP contribution in [0.5, 0.6) is 0 Å². The van der Waals surface area contributed by atoms with Gasteiger partial charge in [-0.05, 0) is 38.4 Å². The molecule has 0 aliphatic carbocycles. The molecule has 0 saturated carbocycles. The molecule has 110 valence electrons. The van der Waals surface area contributed by atoms with Crippen LogP contribution in [0.4, 0.5) is 0 Å². The molecule has 0 unspecified atom stereocenters. The van der Waals surface area contributed by atoms with Crippen LogP contribution in [0.15, 0.2) is 16.5 Å². The van der Waals surface area contributed by atoms with Crippen molar-refractivity contribution in [2.45, 2.75) is 45.6 Å². The predicted molar refractivity (Wildman–Crippen MR) is 79.3 cm³/mol. The van der Waals surface area contributed by atoms with E-state index < -0.39 is 0 Å². The van der Waals surface area contributed by atoms with E-state index in [1.54, 1.807) is 4.90 Å². The second-order valence-corrected chi connectivity index (χ2v) is 4.72. The molecule has 0 saturated heterocycles. The molecule has 1 aromatic heterocycles. The number of nitrogens with two attached hydrogens (primary N) is 1. The number of halogens is 1. The Morgan fingerprint density at radius 2 is 1.95 bits per heavy atom. The fourth-order valence-electron chi connectivity index (χ4n) is 1.86. The molecule has 0 bridgehead atoms. The Morgan fingerprint density at radius 1 is 1.26 bits per heavy atom. The van der Waals surface area contributed by atoms with Gasteiger partial charge in [-0.2, -0.15) is 0 Å². The van der Waals surface area contributed by atoms with Crippen LogP contribution < -0.4 is 5.73 Å². The summed E-state index contributed by atoms with van der Waals surface area (Å²) in [5, 5.41) is 0. The molecular formula is C14H25ClN2O2. The Kier molecular flexibility index (Phi) is 9.35. The van der Waals surface area contributed by atoms with Crippen LogP contribution >= 0.6 is 12.4 Å². The second kappa shape index (κ2) is 9.87. The third-order valence-electron chi connectivity index (χ3n) is 2.96. The summed E-state index contributed by atoms with van der Waals surface area (Å²) in [6, 6.07) is 3.83. The van der Waals surface area contributed by atoms with Crippen LogP contribution in [0, 0.1) is 6.92 Å². The normalized spacial score (nSPS) is 10.1. The topological polar surface area (TPSA) is 59.5 Å². The first-order valence-electron chi connectivity index (χ1n) is 6.63. The number of aryl methyl sites for hydroxylation is 1. The van der Waals surface area contributed by atoms with Gasteiger partial charge in [-0.25, -0.2) is 0 Å². The maximum absolute atomic E-state index is 11.8. The van der Waals surface area contributed by atoms with E-state index in [1.165, 1.54) is 0 Å². The van der Waals surface area contributed by atoms with Crippen LogP contribution in [-0.4, -0.2) is 24.4 Å². The first kappa shape index (κ1) is 18.0. The Bertz CT molecular complexity index is 366. The molecule has 0 atom stereocenters. The van der Waals surface area contributed by atoms with Crippen molar-refractivity contribution in [3.05, 3.63) is 23.7 Å². The van der Waals surface area contributed by atoms with Crippen LogP contribution in [0.1, 0.15) is 43.6 Å². The number of nitrogens with zero attached hydrogens (tertiary/aromatic N) is 1. The van der Waals surface area contributed by atoms with Crippen molar-refractivity contribution < 1.29 is 9.21 Å². The molecule has 5 heteroatoms. The van der Waals surface area contributed by atoms with Gasteiger partial charge in [0.1, 0.15) is 11.5 Å². The number of carbonyl (C=O) groups excluding carboxylic acids is 1. The fraction of sp³-hybridized carbons (Fsp3) is 0.643. The number of rotatable bonds is 8. The number of unbranched alkanes of at least 4 members (excludes halogenated alkanes) is 3. The number of carbonyl (C=O) groups is 1. The minimum absolute atomic E-state index is 0. The monoisotopic (exact) mass is 288 g/mol. The molecule has 1 amide bonds. The van der Waals surface area contributed by atoms with E-state index in [2.05, 4.69) is 0 Å². The predicted octanol–water partition coefficient (Wildman–Crippen LogP) is 2.88. The molecule has 2 N–H and O–H groups in total. The number of furan rings is 1. The summed E-state index contributed by atoms with van der Waals surface area (Å²) in [4.78, 5) is 13.6. The Hall–Kier alpha value is -1.00. The lowest BCUT2D eigenvalue weighted by atomic mass is 10.1. The van der Waals surface area contributed by atoms with Crippen molar-refractivity contribution in [1.82, 2.24) is 4.90 Å². The molecule has 4 nitrogen and oxygen atoms in total. The Balaban J connectivity index is 0.00000324. The van der Waals surface area contributed by atoms with Crippen LogP contribution in [0.25, 0.3) is 0 Å². The molecule has 0 radical (unpaired) electrons. The summed E-state index contributed by atoms with van der Waals surface area (Å²) in [6.07, 6.45) is 4.80. The van der Waals surface area contributed by atoms with Crippen LogP contribution in [0.3, 0.4) is 0 Å². The van der Waals surface area contributed by atoms with Crippen molar-refractivity contribution in [3.8, 4) is 0 Å².